The van der Waals surface area contributed by atoms with Crippen molar-refractivity contribution in [3.8, 4) is 11.5 Å². The predicted octanol–water partition coefficient (Wildman–Crippen LogP) is 3.18. The topological polar surface area (TPSA) is 63.3 Å². The largest absolute Gasteiger partial charge is 0.481 e. The predicted molar refractivity (Wildman–Crippen MR) is 70.1 cm³/mol. The zero-order chi connectivity index (χ0) is 13.4. The van der Waals surface area contributed by atoms with Crippen LogP contribution in [0.3, 0.4) is 0 Å². The molecule has 0 spiro atoms. The number of carbonyl (C=O) groups is 1. The third kappa shape index (κ3) is 2.24. The molecule has 1 aliphatic rings. The van der Waals surface area contributed by atoms with Gasteiger partial charge in [-0.2, -0.15) is 0 Å². The molecule has 0 bridgehead atoms. The van der Waals surface area contributed by atoms with Crippen LogP contribution in [0.2, 0.25) is 5.02 Å². The first-order chi connectivity index (χ1) is 9.15. The van der Waals surface area contributed by atoms with Gasteiger partial charge in [-0.1, -0.05) is 23.7 Å². The van der Waals surface area contributed by atoms with Gasteiger partial charge in [-0.05, 0) is 18.6 Å². The third-order valence-corrected chi connectivity index (χ3v) is 3.72. The van der Waals surface area contributed by atoms with Crippen molar-refractivity contribution in [1.82, 2.24) is 4.98 Å². The molecule has 1 aromatic carbocycles. The summed E-state index contributed by atoms with van der Waals surface area (Å²) in [6.07, 6.45) is 1.64. The zero-order valence-electron chi connectivity index (χ0n) is 10.1. The molecule has 0 saturated heterocycles. The fourth-order valence-corrected chi connectivity index (χ4v) is 2.56. The highest BCUT2D eigenvalue weighted by Crippen LogP contribution is 2.32. The van der Waals surface area contributed by atoms with Crippen molar-refractivity contribution in [3.63, 3.8) is 0 Å². The van der Waals surface area contributed by atoms with Crippen LogP contribution in [0, 0.1) is 5.92 Å². The molecule has 1 N–H and O–H groups in total. The average molecular weight is 278 g/mol. The molecule has 1 aromatic heterocycles. The summed E-state index contributed by atoms with van der Waals surface area (Å²) in [4.78, 5) is 15.4. The van der Waals surface area contributed by atoms with Crippen molar-refractivity contribution < 1.29 is 14.3 Å². The van der Waals surface area contributed by atoms with E-state index >= 15 is 0 Å². The number of aromatic nitrogens is 1. The SMILES string of the molecule is O=C(O)C1CCc2oc(-c3ccccc3Cl)nc2C1. The van der Waals surface area contributed by atoms with Crippen molar-refractivity contribution in [2.24, 2.45) is 5.92 Å². The summed E-state index contributed by atoms with van der Waals surface area (Å²) in [6.45, 7) is 0. The second-order valence-electron chi connectivity index (χ2n) is 4.65. The van der Waals surface area contributed by atoms with E-state index in [1.807, 2.05) is 18.2 Å². The molecule has 98 valence electrons. The van der Waals surface area contributed by atoms with Gasteiger partial charge in [0.05, 0.1) is 22.2 Å². The molecule has 19 heavy (non-hydrogen) atoms. The quantitative estimate of drug-likeness (QED) is 0.916. The second-order valence-corrected chi connectivity index (χ2v) is 5.05. The molecule has 0 saturated carbocycles. The van der Waals surface area contributed by atoms with Crippen molar-refractivity contribution in [2.45, 2.75) is 19.3 Å². The molecule has 0 aliphatic heterocycles. The molecule has 4 nitrogen and oxygen atoms in total. The van der Waals surface area contributed by atoms with E-state index in [9.17, 15) is 4.79 Å². The van der Waals surface area contributed by atoms with Gasteiger partial charge < -0.3 is 9.52 Å². The van der Waals surface area contributed by atoms with Crippen molar-refractivity contribution in [2.75, 3.05) is 0 Å². The van der Waals surface area contributed by atoms with Gasteiger partial charge in [0, 0.05) is 12.8 Å². The highest BCUT2D eigenvalue weighted by molar-refractivity contribution is 6.33. The Balaban J connectivity index is 1.96. The minimum absolute atomic E-state index is 0.364. The zero-order valence-corrected chi connectivity index (χ0v) is 10.9. The third-order valence-electron chi connectivity index (χ3n) is 3.39. The van der Waals surface area contributed by atoms with Gasteiger partial charge in [0.15, 0.2) is 0 Å². The second kappa shape index (κ2) is 4.70. The Kier molecular flexibility index (Phi) is 3.03. The molecule has 3 rings (SSSR count). The molecule has 2 aromatic rings. The first-order valence-electron chi connectivity index (χ1n) is 6.11. The Bertz CT molecular complexity index is 635. The molecular formula is C14H12ClNO3. The number of carboxylic acid groups (broad SMARTS) is 1. The average Bonchev–Trinajstić information content (AvgIpc) is 2.81. The summed E-state index contributed by atoms with van der Waals surface area (Å²) in [6, 6.07) is 7.33. The van der Waals surface area contributed by atoms with E-state index in [1.54, 1.807) is 6.07 Å². The molecular weight excluding hydrogens is 266 g/mol. The van der Waals surface area contributed by atoms with E-state index in [1.165, 1.54) is 0 Å². The number of aryl methyl sites for hydroxylation is 1. The standard InChI is InChI=1S/C14H12ClNO3/c15-10-4-2-1-3-9(10)13-16-11-7-8(14(17)18)5-6-12(11)19-13/h1-4,8H,5-7H2,(H,17,18). The molecule has 0 radical (unpaired) electrons. The van der Waals surface area contributed by atoms with E-state index in [-0.39, 0.29) is 5.92 Å². The summed E-state index contributed by atoms with van der Waals surface area (Å²) in [7, 11) is 0. The summed E-state index contributed by atoms with van der Waals surface area (Å²) >= 11 is 6.11. The number of aliphatic carboxylic acids is 1. The summed E-state index contributed by atoms with van der Waals surface area (Å²) in [5.41, 5.74) is 1.49. The van der Waals surface area contributed by atoms with Crippen LogP contribution in [0.15, 0.2) is 28.7 Å². The fourth-order valence-electron chi connectivity index (χ4n) is 2.34. The van der Waals surface area contributed by atoms with Gasteiger partial charge in [-0.25, -0.2) is 4.98 Å². The van der Waals surface area contributed by atoms with Crippen molar-refractivity contribution in [1.29, 1.82) is 0 Å². The Hall–Kier alpha value is -1.81. The van der Waals surface area contributed by atoms with Crippen LogP contribution in [-0.2, 0) is 17.6 Å². The van der Waals surface area contributed by atoms with Gasteiger partial charge in [-0.15, -0.1) is 0 Å². The fraction of sp³-hybridized carbons (Fsp3) is 0.286. The highest BCUT2D eigenvalue weighted by atomic mass is 35.5. The summed E-state index contributed by atoms with van der Waals surface area (Å²) in [5, 5.41) is 9.63. The minimum Gasteiger partial charge on any atom is -0.481 e. The number of carboxylic acids is 1. The molecule has 0 amide bonds. The number of hydrogen-bond donors (Lipinski definition) is 1. The Morgan fingerprint density at radius 2 is 2.21 bits per heavy atom. The van der Waals surface area contributed by atoms with Gasteiger partial charge >= 0.3 is 5.97 Å². The van der Waals surface area contributed by atoms with Gasteiger partial charge in [0.2, 0.25) is 5.89 Å². The van der Waals surface area contributed by atoms with E-state index in [4.69, 9.17) is 21.1 Å². The van der Waals surface area contributed by atoms with Crippen molar-refractivity contribution >= 4 is 17.6 Å². The Labute approximate surface area is 115 Å². The first kappa shape index (κ1) is 12.2. The summed E-state index contributed by atoms with van der Waals surface area (Å²) in [5.74, 6) is 0.124. The number of hydrogen-bond acceptors (Lipinski definition) is 3. The van der Waals surface area contributed by atoms with E-state index in [0.29, 0.717) is 30.2 Å². The monoisotopic (exact) mass is 277 g/mol. The van der Waals surface area contributed by atoms with Gasteiger partial charge in [0.1, 0.15) is 5.76 Å². The molecule has 1 unspecified atom stereocenters. The molecule has 1 heterocycles. The van der Waals surface area contributed by atoms with Crippen LogP contribution in [0.1, 0.15) is 17.9 Å². The van der Waals surface area contributed by atoms with Crippen LogP contribution in [0.4, 0.5) is 0 Å². The normalized spacial score (nSPS) is 18.1. The van der Waals surface area contributed by atoms with Crippen LogP contribution in [0.25, 0.3) is 11.5 Å². The number of benzene rings is 1. The van der Waals surface area contributed by atoms with Crippen LogP contribution in [0.5, 0.6) is 0 Å². The number of halogens is 1. The maximum Gasteiger partial charge on any atom is 0.306 e. The van der Waals surface area contributed by atoms with Crippen LogP contribution >= 0.6 is 11.6 Å². The van der Waals surface area contributed by atoms with E-state index in [2.05, 4.69) is 4.98 Å². The number of rotatable bonds is 2. The van der Waals surface area contributed by atoms with E-state index in [0.717, 1.165) is 17.0 Å². The Morgan fingerprint density at radius 1 is 1.42 bits per heavy atom. The molecule has 1 aliphatic carbocycles. The molecule has 1 atom stereocenters. The number of oxazole rings is 1. The van der Waals surface area contributed by atoms with Gasteiger partial charge in [0.25, 0.3) is 0 Å². The lowest BCUT2D eigenvalue weighted by Crippen LogP contribution is -2.21. The van der Waals surface area contributed by atoms with E-state index < -0.39 is 5.97 Å². The smallest absolute Gasteiger partial charge is 0.306 e. The molecule has 0 fully saturated rings. The first-order valence-corrected chi connectivity index (χ1v) is 6.49. The lowest BCUT2D eigenvalue weighted by molar-refractivity contribution is -0.142. The van der Waals surface area contributed by atoms with Crippen molar-refractivity contribution in [3.05, 3.63) is 40.7 Å². The maximum absolute atomic E-state index is 11.0. The Morgan fingerprint density at radius 3 is 2.95 bits per heavy atom. The maximum atomic E-state index is 11.0. The highest BCUT2D eigenvalue weighted by Gasteiger charge is 2.28. The number of nitrogens with zero attached hydrogens (tertiary/aromatic N) is 1. The minimum atomic E-state index is -0.770. The van der Waals surface area contributed by atoms with Crippen LogP contribution < -0.4 is 0 Å². The number of fused-ring (bicyclic) bond motifs is 1. The lowest BCUT2D eigenvalue weighted by atomic mass is 9.90. The molecule has 5 heteroatoms. The van der Waals surface area contributed by atoms with Crippen LogP contribution in [-0.4, -0.2) is 16.1 Å². The lowest BCUT2D eigenvalue weighted by Gasteiger charge is -2.15. The van der Waals surface area contributed by atoms with Gasteiger partial charge in [-0.3, -0.25) is 4.79 Å². The summed E-state index contributed by atoms with van der Waals surface area (Å²) < 4.78 is 5.71.